The predicted octanol–water partition coefficient (Wildman–Crippen LogP) is 3.57. The van der Waals surface area contributed by atoms with Gasteiger partial charge in [0.2, 0.25) is 9.05 Å². The third kappa shape index (κ3) is 12.4. The highest BCUT2D eigenvalue weighted by molar-refractivity contribution is 8.13. The van der Waals surface area contributed by atoms with Crippen LogP contribution in [0.1, 0.15) is 52.9 Å². The van der Waals surface area contributed by atoms with Crippen molar-refractivity contribution < 1.29 is 13.2 Å². The molecule has 0 saturated carbocycles. The zero-order chi connectivity index (χ0) is 13.3. The molecule has 0 aromatic carbocycles. The summed E-state index contributed by atoms with van der Waals surface area (Å²) in [5.74, 6) is -0.0625. The zero-order valence-corrected chi connectivity index (χ0v) is 12.7. The van der Waals surface area contributed by atoms with Crippen LogP contribution in [0.4, 0.5) is 0 Å². The maximum Gasteiger partial charge on any atom is 0.232 e. The molecular formula is C12H25ClO3S. The van der Waals surface area contributed by atoms with Crippen LogP contribution in [0.15, 0.2) is 0 Å². The molecule has 0 rings (SSSR count). The molecule has 5 heteroatoms. The predicted molar refractivity (Wildman–Crippen MR) is 73.0 cm³/mol. The number of rotatable bonds is 10. The van der Waals surface area contributed by atoms with Crippen LogP contribution < -0.4 is 0 Å². The Morgan fingerprint density at radius 2 is 1.82 bits per heavy atom. The maximum absolute atomic E-state index is 10.8. The van der Waals surface area contributed by atoms with E-state index < -0.39 is 9.05 Å². The molecule has 0 N–H and O–H groups in total. The molecule has 0 aliphatic carbocycles. The normalized spacial score (nSPS) is 15.8. The smallest absolute Gasteiger partial charge is 0.232 e. The van der Waals surface area contributed by atoms with E-state index in [2.05, 4.69) is 6.92 Å². The van der Waals surface area contributed by atoms with Gasteiger partial charge in [-0.2, -0.15) is 0 Å². The van der Waals surface area contributed by atoms with Gasteiger partial charge in [0.05, 0.1) is 18.5 Å². The number of hydrogen-bond acceptors (Lipinski definition) is 3. The lowest BCUT2D eigenvalue weighted by Gasteiger charge is -2.16. The second kappa shape index (κ2) is 9.17. The Morgan fingerprint density at radius 1 is 1.18 bits per heavy atom. The first-order valence-electron chi connectivity index (χ1n) is 6.39. The van der Waals surface area contributed by atoms with Gasteiger partial charge in [-0.1, -0.05) is 39.5 Å². The van der Waals surface area contributed by atoms with Gasteiger partial charge in [-0.05, 0) is 19.3 Å². The summed E-state index contributed by atoms with van der Waals surface area (Å²) in [6.45, 7) is 6.52. The minimum atomic E-state index is -3.40. The van der Waals surface area contributed by atoms with Crippen LogP contribution in [0.2, 0.25) is 0 Å². The van der Waals surface area contributed by atoms with Crippen molar-refractivity contribution in [1.82, 2.24) is 0 Å². The summed E-state index contributed by atoms with van der Waals surface area (Å²) in [5, 5.41) is 0. The number of hydrogen-bond donors (Lipinski definition) is 0. The lowest BCUT2D eigenvalue weighted by atomic mass is 10.1. The average molecular weight is 285 g/mol. The fourth-order valence-corrected chi connectivity index (χ4v) is 3.08. The molecule has 17 heavy (non-hydrogen) atoms. The van der Waals surface area contributed by atoms with Crippen molar-refractivity contribution in [1.29, 1.82) is 0 Å². The monoisotopic (exact) mass is 284 g/mol. The van der Waals surface area contributed by atoms with Crippen LogP contribution >= 0.6 is 10.7 Å². The number of halogens is 1. The number of unbranched alkanes of at least 4 members (excludes halogenated alkanes) is 3. The van der Waals surface area contributed by atoms with Gasteiger partial charge in [0.1, 0.15) is 0 Å². The van der Waals surface area contributed by atoms with Crippen molar-refractivity contribution in [3.63, 3.8) is 0 Å². The molecule has 0 spiro atoms. The van der Waals surface area contributed by atoms with Crippen molar-refractivity contribution in [3.8, 4) is 0 Å². The Kier molecular flexibility index (Phi) is 9.28. The van der Waals surface area contributed by atoms with Gasteiger partial charge in [0.15, 0.2) is 0 Å². The van der Waals surface area contributed by atoms with Gasteiger partial charge in [-0.3, -0.25) is 0 Å². The van der Waals surface area contributed by atoms with Crippen molar-refractivity contribution >= 4 is 19.7 Å². The largest absolute Gasteiger partial charge is 0.378 e. The second-order valence-electron chi connectivity index (χ2n) is 4.80. The van der Waals surface area contributed by atoms with Crippen LogP contribution in [0, 0.1) is 5.92 Å². The average Bonchev–Trinajstić information content (AvgIpc) is 2.19. The van der Waals surface area contributed by atoms with E-state index in [0.29, 0.717) is 6.61 Å². The lowest BCUT2D eigenvalue weighted by Crippen LogP contribution is -2.18. The fraction of sp³-hybridized carbons (Fsp3) is 1.00. The zero-order valence-electron chi connectivity index (χ0n) is 11.1. The molecule has 2 unspecified atom stereocenters. The van der Waals surface area contributed by atoms with E-state index in [1.807, 2.05) is 13.8 Å². The highest BCUT2D eigenvalue weighted by Gasteiger charge is 2.14. The molecule has 3 nitrogen and oxygen atoms in total. The third-order valence-electron chi connectivity index (χ3n) is 2.61. The summed E-state index contributed by atoms with van der Waals surface area (Å²) >= 11 is 0. The molecule has 0 bridgehead atoms. The van der Waals surface area contributed by atoms with E-state index in [4.69, 9.17) is 15.4 Å². The summed E-state index contributed by atoms with van der Waals surface area (Å²) in [7, 11) is 1.78. The highest BCUT2D eigenvalue weighted by atomic mass is 35.7. The second-order valence-corrected chi connectivity index (χ2v) is 7.63. The Bertz CT molecular complexity index is 277. The summed E-state index contributed by atoms with van der Waals surface area (Å²) in [6, 6.07) is 0. The fourth-order valence-electron chi connectivity index (χ4n) is 1.66. The first kappa shape index (κ1) is 17.2. The topological polar surface area (TPSA) is 43.4 Å². The van der Waals surface area contributed by atoms with Crippen molar-refractivity contribution in [2.75, 3.05) is 12.4 Å². The number of ether oxygens (including phenoxy) is 1. The van der Waals surface area contributed by atoms with Crippen LogP contribution in [0.25, 0.3) is 0 Å². The molecule has 104 valence electrons. The van der Waals surface area contributed by atoms with E-state index in [1.165, 1.54) is 25.7 Å². The van der Waals surface area contributed by atoms with Gasteiger partial charge in [-0.15, -0.1) is 0 Å². The van der Waals surface area contributed by atoms with Gasteiger partial charge in [-0.25, -0.2) is 8.42 Å². The molecule has 0 aliphatic heterocycles. The highest BCUT2D eigenvalue weighted by Crippen LogP contribution is 2.11. The SMILES string of the molecule is CCCCCCC(C)OCC(C)CS(=O)(=O)Cl. The third-order valence-corrected chi connectivity index (χ3v) is 3.96. The van der Waals surface area contributed by atoms with Crippen LogP contribution in [0.5, 0.6) is 0 Å². The van der Waals surface area contributed by atoms with E-state index in [0.717, 1.165) is 6.42 Å². The van der Waals surface area contributed by atoms with Crippen molar-refractivity contribution in [2.24, 2.45) is 5.92 Å². The Morgan fingerprint density at radius 3 is 2.35 bits per heavy atom. The minimum Gasteiger partial charge on any atom is -0.378 e. The van der Waals surface area contributed by atoms with Gasteiger partial charge in [0.25, 0.3) is 0 Å². The molecule has 0 aromatic heterocycles. The van der Waals surface area contributed by atoms with Crippen LogP contribution in [0.3, 0.4) is 0 Å². The quantitative estimate of drug-likeness (QED) is 0.455. The van der Waals surface area contributed by atoms with Crippen LogP contribution in [-0.2, 0) is 13.8 Å². The molecule has 0 fully saturated rings. The van der Waals surface area contributed by atoms with Crippen LogP contribution in [-0.4, -0.2) is 26.9 Å². The summed E-state index contributed by atoms with van der Waals surface area (Å²) < 4.78 is 27.3. The van der Waals surface area contributed by atoms with E-state index in [9.17, 15) is 8.42 Å². The molecule has 0 radical (unpaired) electrons. The Labute approximate surface area is 110 Å². The molecule has 0 aromatic rings. The summed E-state index contributed by atoms with van der Waals surface area (Å²) in [6.07, 6.45) is 6.17. The van der Waals surface area contributed by atoms with E-state index >= 15 is 0 Å². The van der Waals surface area contributed by atoms with Gasteiger partial charge < -0.3 is 4.74 Å². The summed E-state index contributed by atoms with van der Waals surface area (Å²) in [5.41, 5.74) is 0. The molecule has 2 atom stereocenters. The minimum absolute atomic E-state index is 0.0168. The lowest BCUT2D eigenvalue weighted by molar-refractivity contribution is 0.0415. The van der Waals surface area contributed by atoms with Crippen molar-refractivity contribution in [3.05, 3.63) is 0 Å². The van der Waals surface area contributed by atoms with E-state index in [1.54, 1.807) is 0 Å². The van der Waals surface area contributed by atoms with Gasteiger partial charge in [0, 0.05) is 10.7 Å². The standard InChI is InChI=1S/C12H25ClO3S/c1-4-5-6-7-8-12(3)16-9-11(2)10-17(13,14)15/h11-12H,4-10H2,1-3H3. The van der Waals surface area contributed by atoms with E-state index in [-0.39, 0.29) is 17.8 Å². The molecule has 0 heterocycles. The van der Waals surface area contributed by atoms with Crippen molar-refractivity contribution in [2.45, 2.75) is 59.0 Å². The first-order valence-corrected chi connectivity index (χ1v) is 8.87. The van der Waals surface area contributed by atoms with Gasteiger partial charge >= 0.3 is 0 Å². The Balaban J connectivity index is 3.58. The summed E-state index contributed by atoms with van der Waals surface area (Å²) in [4.78, 5) is 0. The molecule has 0 aliphatic rings. The molecular weight excluding hydrogens is 260 g/mol. The maximum atomic E-state index is 10.8. The molecule has 0 amide bonds. The Hall–Kier alpha value is 0.200. The molecule has 0 saturated heterocycles. The first-order chi connectivity index (χ1) is 7.85.